The van der Waals surface area contributed by atoms with Crippen molar-refractivity contribution in [2.75, 3.05) is 11.9 Å². The molecule has 1 aliphatic heterocycles. The van der Waals surface area contributed by atoms with E-state index in [9.17, 15) is 18.8 Å². The van der Waals surface area contributed by atoms with E-state index < -0.39 is 35.8 Å². The largest absolute Gasteiger partial charge is 0.364 e. The summed E-state index contributed by atoms with van der Waals surface area (Å²) >= 11 is 6.50. The van der Waals surface area contributed by atoms with Crippen LogP contribution in [0, 0.1) is 5.82 Å². The number of primary amides is 1. The van der Waals surface area contributed by atoms with Crippen LogP contribution in [-0.4, -0.2) is 61.4 Å². The summed E-state index contributed by atoms with van der Waals surface area (Å²) in [6.07, 6.45) is -0.120. The van der Waals surface area contributed by atoms with Crippen LogP contribution in [0.15, 0.2) is 60.8 Å². The fourth-order valence-corrected chi connectivity index (χ4v) is 5.51. The van der Waals surface area contributed by atoms with Gasteiger partial charge < -0.3 is 16.0 Å². The summed E-state index contributed by atoms with van der Waals surface area (Å²) in [6, 6.07) is 13.4. The van der Waals surface area contributed by atoms with Crippen molar-refractivity contribution in [1.29, 1.82) is 0 Å². The second kappa shape index (κ2) is 10.3. The van der Waals surface area contributed by atoms with E-state index in [1.165, 1.54) is 16.8 Å². The van der Waals surface area contributed by atoms with E-state index in [-0.39, 0.29) is 41.5 Å². The fraction of sp³-hybridized carbons (Fsp3) is 0.179. The van der Waals surface area contributed by atoms with Crippen molar-refractivity contribution in [3.8, 4) is 11.1 Å². The molecule has 0 aliphatic carbocycles. The van der Waals surface area contributed by atoms with E-state index in [2.05, 4.69) is 20.6 Å². The van der Waals surface area contributed by atoms with Gasteiger partial charge in [-0.15, -0.1) is 0 Å². The number of fused-ring (bicyclic) bond motifs is 2. The summed E-state index contributed by atoms with van der Waals surface area (Å²) in [5, 5.41) is 14.9. The predicted molar refractivity (Wildman–Crippen MR) is 148 cm³/mol. The molecule has 0 saturated carbocycles. The third-order valence-electron chi connectivity index (χ3n) is 7.15. The zero-order valence-electron chi connectivity index (χ0n) is 21.3. The Kier molecular flexibility index (Phi) is 6.62. The number of nitrogens with zero attached hydrogens (tertiary/aromatic N) is 4. The second-order valence-corrected chi connectivity index (χ2v) is 10.1. The van der Waals surface area contributed by atoms with Crippen molar-refractivity contribution in [2.45, 2.75) is 25.2 Å². The number of rotatable bonds is 6. The first-order valence-electron chi connectivity index (χ1n) is 12.6. The Morgan fingerprint density at radius 2 is 1.90 bits per heavy atom. The van der Waals surface area contributed by atoms with Crippen LogP contribution < -0.4 is 11.1 Å². The summed E-state index contributed by atoms with van der Waals surface area (Å²) < 4.78 is 31.5. The number of carbonyl (C=O) groups is 3. The molecule has 2 aromatic heterocycles. The Bertz CT molecular complexity index is 1850. The third kappa shape index (κ3) is 4.65. The van der Waals surface area contributed by atoms with Gasteiger partial charge in [-0.2, -0.15) is 10.2 Å². The lowest BCUT2D eigenvalue weighted by atomic mass is 10.0. The standard InChI is InChI=1S/C28H22ClF2N7O3/c29-23-16(9-8-14-11-33-35-25(14)23)17-5-3-6-19(24(17)31)34-28(41)21-10-15(30)12-37(21)22(39)13-38-20-7-2-1-4-18(20)26(36-38)27(32)40/h1-9,11,15,21H,10,12-13H2,(H2,32,40)(H,33,35)(H,34,41)/t15-,21+/m1/s1. The number of nitrogens with two attached hydrogens (primary N) is 1. The average molecular weight is 578 g/mol. The van der Waals surface area contributed by atoms with Crippen LogP contribution in [0.2, 0.25) is 5.02 Å². The van der Waals surface area contributed by atoms with Gasteiger partial charge in [0.1, 0.15) is 18.8 Å². The number of anilines is 1. The molecule has 1 fully saturated rings. The zero-order valence-corrected chi connectivity index (χ0v) is 22.0. The molecule has 0 radical (unpaired) electrons. The number of aromatic nitrogens is 4. The average Bonchev–Trinajstić information content (AvgIpc) is 3.68. The fourth-order valence-electron chi connectivity index (χ4n) is 5.20. The number of likely N-dealkylation sites (tertiary alicyclic amines) is 1. The quantitative estimate of drug-likeness (QED) is 0.279. The van der Waals surface area contributed by atoms with Crippen molar-refractivity contribution in [1.82, 2.24) is 24.9 Å². The summed E-state index contributed by atoms with van der Waals surface area (Å²) in [5.74, 6) is -2.84. The lowest BCUT2D eigenvalue weighted by Crippen LogP contribution is -2.44. The first-order chi connectivity index (χ1) is 19.7. The maximum Gasteiger partial charge on any atom is 0.269 e. The SMILES string of the molecule is NC(=O)c1nn(CC(=O)N2C[C@H](F)C[C@H]2C(=O)Nc2cccc(-c3ccc4cn[nH]c4c3Cl)c2F)c2ccccc12. The van der Waals surface area contributed by atoms with Crippen LogP contribution in [-0.2, 0) is 16.1 Å². The first-order valence-corrected chi connectivity index (χ1v) is 13.0. The normalized spacial score (nSPS) is 16.9. The number of H-pyrrole nitrogens is 1. The van der Waals surface area contributed by atoms with E-state index in [1.54, 1.807) is 48.7 Å². The highest BCUT2D eigenvalue weighted by molar-refractivity contribution is 6.37. The van der Waals surface area contributed by atoms with Gasteiger partial charge in [-0.3, -0.25) is 24.2 Å². The molecule has 5 aromatic rings. The van der Waals surface area contributed by atoms with Crippen molar-refractivity contribution in [2.24, 2.45) is 5.73 Å². The summed E-state index contributed by atoms with van der Waals surface area (Å²) in [5.41, 5.74) is 6.84. The lowest BCUT2D eigenvalue weighted by Gasteiger charge is -2.24. The summed E-state index contributed by atoms with van der Waals surface area (Å²) in [4.78, 5) is 39.5. The lowest BCUT2D eigenvalue weighted by molar-refractivity contribution is -0.137. The molecule has 6 rings (SSSR count). The highest BCUT2D eigenvalue weighted by Gasteiger charge is 2.40. The topological polar surface area (TPSA) is 139 Å². The smallest absolute Gasteiger partial charge is 0.269 e. The van der Waals surface area contributed by atoms with Gasteiger partial charge in [0, 0.05) is 28.3 Å². The van der Waals surface area contributed by atoms with Crippen LogP contribution in [0.3, 0.4) is 0 Å². The number of hydrogen-bond acceptors (Lipinski definition) is 5. The third-order valence-corrected chi connectivity index (χ3v) is 7.54. The molecule has 3 aromatic carbocycles. The van der Waals surface area contributed by atoms with Gasteiger partial charge in [-0.1, -0.05) is 54.1 Å². The van der Waals surface area contributed by atoms with E-state index >= 15 is 4.39 Å². The van der Waals surface area contributed by atoms with Gasteiger partial charge in [0.05, 0.1) is 34.5 Å². The Morgan fingerprint density at radius 1 is 1.10 bits per heavy atom. The van der Waals surface area contributed by atoms with Gasteiger partial charge in [0.25, 0.3) is 5.91 Å². The molecule has 10 nitrogen and oxygen atoms in total. The number of benzene rings is 3. The molecule has 1 saturated heterocycles. The monoisotopic (exact) mass is 577 g/mol. The Hall–Kier alpha value is -4.84. The maximum atomic E-state index is 15.6. The predicted octanol–water partition coefficient (Wildman–Crippen LogP) is 4.05. The Balaban J connectivity index is 1.24. The van der Waals surface area contributed by atoms with E-state index in [0.717, 1.165) is 10.3 Å². The maximum absolute atomic E-state index is 15.6. The molecule has 4 N–H and O–H groups in total. The van der Waals surface area contributed by atoms with E-state index in [0.29, 0.717) is 22.0 Å². The van der Waals surface area contributed by atoms with Crippen molar-refractivity contribution in [3.63, 3.8) is 0 Å². The van der Waals surface area contributed by atoms with Gasteiger partial charge >= 0.3 is 0 Å². The van der Waals surface area contributed by atoms with Crippen molar-refractivity contribution in [3.05, 3.63) is 77.3 Å². The molecule has 0 unspecified atom stereocenters. The number of carbonyl (C=O) groups excluding carboxylic acids is 3. The number of hydrogen-bond donors (Lipinski definition) is 3. The molecule has 3 amide bonds. The highest BCUT2D eigenvalue weighted by Crippen LogP contribution is 2.36. The number of amides is 3. The Labute approximate surface area is 236 Å². The molecule has 0 spiro atoms. The zero-order chi connectivity index (χ0) is 28.8. The molecule has 13 heteroatoms. The molecule has 208 valence electrons. The first kappa shape index (κ1) is 26.4. The number of nitrogens with one attached hydrogen (secondary N) is 2. The highest BCUT2D eigenvalue weighted by atomic mass is 35.5. The van der Waals surface area contributed by atoms with Crippen LogP contribution in [0.4, 0.5) is 14.5 Å². The van der Waals surface area contributed by atoms with Gasteiger partial charge in [-0.25, -0.2) is 8.78 Å². The van der Waals surface area contributed by atoms with E-state index in [4.69, 9.17) is 17.3 Å². The molecular formula is C28H22ClF2N7O3. The van der Waals surface area contributed by atoms with Gasteiger partial charge in [0.2, 0.25) is 11.8 Å². The number of para-hydroxylation sites is 1. The minimum absolute atomic E-state index is 0.00498. The van der Waals surface area contributed by atoms with Gasteiger partial charge in [-0.05, 0) is 12.1 Å². The Morgan fingerprint density at radius 3 is 2.71 bits per heavy atom. The number of alkyl halides is 1. The molecule has 2 atom stereocenters. The molecule has 0 bridgehead atoms. The molecule has 3 heterocycles. The molecular weight excluding hydrogens is 556 g/mol. The second-order valence-electron chi connectivity index (χ2n) is 9.70. The van der Waals surface area contributed by atoms with Crippen LogP contribution in [0.5, 0.6) is 0 Å². The minimum atomic E-state index is -1.46. The number of aromatic amines is 1. The van der Waals surface area contributed by atoms with Crippen LogP contribution >= 0.6 is 11.6 Å². The summed E-state index contributed by atoms with van der Waals surface area (Å²) in [6.45, 7) is -0.677. The molecule has 1 aliphatic rings. The number of halogens is 3. The van der Waals surface area contributed by atoms with Crippen molar-refractivity contribution >= 4 is 56.8 Å². The van der Waals surface area contributed by atoms with E-state index in [1.807, 2.05) is 0 Å². The molecule has 41 heavy (non-hydrogen) atoms. The minimum Gasteiger partial charge on any atom is -0.364 e. The summed E-state index contributed by atoms with van der Waals surface area (Å²) in [7, 11) is 0. The van der Waals surface area contributed by atoms with Gasteiger partial charge in [0.15, 0.2) is 11.5 Å². The van der Waals surface area contributed by atoms with Crippen LogP contribution in [0.1, 0.15) is 16.9 Å². The van der Waals surface area contributed by atoms with Crippen LogP contribution in [0.25, 0.3) is 32.9 Å². The van der Waals surface area contributed by atoms with Crippen molar-refractivity contribution < 1.29 is 23.2 Å².